The molecule has 0 bridgehead atoms. The van der Waals surface area contributed by atoms with Crippen LogP contribution in [0.4, 0.5) is 0 Å². The topological polar surface area (TPSA) is 96.5 Å². The third-order valence-corrected chi connectivity index (χ3v) is 4.09. The van der Waals surface area contributed by atoms with Gasteiger partial charge in [0.1, 0.15) is 0 Å². The molecule has 0 fully saturated rings. The predicted octanol–water partition coefficient (Wildman–Crippen LogP) is -0.553. The molecule has 7 nitrogen and oxygen atoms in total. The summed E-state index contributed by atoms with van der Waals surface area (Å²) >= 11 is 0. The highest BCUT2D eigenvalue weighted by molar-refractivity contribution is 7.89. The van der Waals surface area contributed by atoms with Gasteiger partial charge in [0.15, 0.2) is 0 Å². The van der Waals surface area contributed by atoms with Crippen molar-refractivity contribution in [2.45, 2.75) is 11.4 Å². The maximum absolute atomic E-state index is 12.0. The number of nitrogens with one attached hydrogen (secondary N) is 3. The van der Waals surface area contributed by atoms with Crippen LogP contribution in [-0.2, 0) is 26.1 Å². The smallest absolute Gasteiger partial charge is 0.240 e. The lowest BCUT2D eigenvalue weighted by Gasteiger charge is -2.09. The van der Waals surface area contributed by atoms with Crippen LogP contribution in [0.1, 0.15) is 5.56 Å². The van der Waals surface area contributed by atoms with Crippen molar-refractivity contribution < 1.29 is 17.9 Å². The van der Waals surface area contributed by atoms with Crippen molar-refractivity contribution in [2.24, 2.45) is 0 Å². The van der Waals surface area contributed by atoms with E-state index in [2.05, 4.69) is 15.4 Å². The highest BCUT2D eigenvalue weighted by Gasteiger charge is 2.13. The summed E-state index contributed by atoms with van der Waals surface area (Å²) in [6.07, 6.45) is 0. The van der Waals surface area contributed by atoms with Gasteiger partial charge >= 0.3 is 0 Å². The highest BCUT2D eigenvalue weighted by atomic mass is 32.2. The van der Waals surface area contributed by atoms with Crippen molar-refractivity contribution in [3.63, 3.8) is 0 Å². The molecule has 0 aliphatic heterocycles. The van der Waals surface area contributed by atoms with Crippen molar-refractivity contribution in [1.82, 2.24) is 15.4 Å². The maximum atomic E-state index is 12.0. The average Bonchev–Trinajstić information content (AvgIpc) is 2.46. The predicted molar refractivity (Wildman–Crippen MR) is 79.3 cm³/mol. The van der Waals surface area contributed by atoms with E-state index in [-0.39, 0.29) is 30.4 Å². The Balaban J connectivity index is 2.69. The zero-order valence-corrected chi connectivity index (χ0v) is 13.0. The molecule has 0 aliphatic rings. The van der Waals surface area contributed by atoms with Gasteiger partial charge in [-0.1, -0.05) is 12.1 Å². The van der Waals surface area contributed by atoms with Gasteiger partial charge in [-0.15, -0.1) is 0 Å². The third-order valence-electron chi connectivity index (χ3n) is 2.63. The van der Waals surface area contributed by atoms with Crippen LogP contribution in [0, 0.1) is 0 Å². The molecule has 0 unspecified atom stereocenters. The minimum absolute atomic E-state index is 0.149. The summed E-state index contributed by atoms with van der Waals surface area (Å²) < 4.78 is 31.3. The number of likely N-dealkylation sites (N-methyl/N-ethyl adjacent to an activating group) is 1. The molecule has 0 saturated heterocycles. The Labute approximate surface area is 125 Å². The number of amides is 1. The van der Waals surface area contributed by atoms with Crippen LogP contribution in [0.5, 0.6) is 0 Å². The molecule has 1 rings (SSSR count). The van der Waals surface area contributed by atoms with Crippen LogP contribution in [0.15, 0.2) is 29.2 Å². The monoisotopic (exact) mass is 315 g/mol. The Bertz CT molecular complexity index is 560. The molecule has 21 heavy (non-hydrogen) atoms. The van der Waals surface area contributed by atoms with E-state index in [9.17, 15) is 13.2 Å². The van der Waals surface area contributed by atoms with E-state index in [0.717, 1.165) is 0 Å². The number of benzene rings is 1. The second-order valence-electron chi connectivity index (χ2n) is 4.35. The van der Waals surface area contributed by atoms with Crippen molar-refractivity contribution in [3.05, 3.63) is 29.8 Å². The van der Waals surface area contributed by atoms with Gasteiger partial charge in [-0.05, 0) is 24.7 Å². The molecule has 0 heterocycles. The molecular formula is C13H21N3O4S. The summed E-state index contributed by atoms with van der Waals surface area (Å²) in [7, 11) is -0.377. The van der Waals surface area contributed by atoms with Gasteiger partial charge in [-0.2, -0.15) is 0 Å². The first-order chi connectivity index (χ1) is 9.99. The quantitative estimate of drug-likeness (QED) is 0.531. The zero-order valence-electron chi connectivity index (χ0n) is 12.2. The van der Waals surface area contributed by atoms with E-state index >= 15 is 0 Å². The van der Waals surface area contributed by atoms with Gasteiger partial charge in [0.05, 0.1) is 18.0 Å². The summed E-state index contributed by atoms with van der Waals surface area (Å²) in [5.74, 6) is -0.149. The van der Waals surface area contributed by atoms with E-state index in [1.807, 2.05) is 0 Å². The van der Waals surface area contributed by atoms with Crippen LogP contribution in [0.3, 0.4) is 0 Å². The van der Waals surface area contributed by atoms with Crippen molar-refractivity contribution >= 4 is 15.9 Å². The van der Waals surface area contributed by atoms with Crippen LogP contribution in [-0.4, -0.2) is 48.2 Å². The highest BCUT2D eigenvalue weighted by Crippen LogP contribution is 2.11. The molecule has 1 amide bonds. The zero-order chi connectivity index (χ0) is 15.7. The van der Waals surface area contributed by atoms with E-state index in [0.29, 0.717) is 12.2 Å². The lowest BCUT2D eigenvalue weighted by Crippen LogP contribution is -2.31. The van der Waals surface area contributed by atoms with Crippen molar-refractivity contribution in [1.29, 1.82) is 0 Å². The Kier molecular flexibility index (Phi) is 7.30. The van der Waals surface area contributed by atoms with Gasteiger partial charge in [-0.3, -0.25) is 4.79 Å². The number of carbonyl (C=O) groups is 1. The number of ether oxygens (including phenoxy) is 1. The SMILES string of the molecule is CNCC(=O)NCc1cccc(S(=O)(=O)NCCOC)c1. The lowest BCUT2D eigenvalue weighted by atomic mass is 10.2. The Morgan fingerprint density at radius 2 is 2.10 bits per heavy atom. The number of methoxy groups -OCH3 is 1. The molecule has 0 aromatic heterocycles. The maximum Gasteiger partial charge on any atom is 0.240 e. The van der Waals surface area contributed by atoms with E-state index in [1.54, 1.807) is 19.2 Å². The molecule has 1 aromatic rings. The minimum Gasteiger partial charge on any atom is -0.383 e. The molecule has 0 aliphatic carbocycles. The molecule has 118 valence electrons. The fourth-order valence-electron chi connectivity index (χ4n) is 1.61. The third kappa shape index (κ3) is 6.21. The second kappa shape index (κ2) is 8.73. The van der Waals surface area contributed by atoms with Gasteiger partial charge < -0.3 is 15.4 Å². The minimum atomic E-state index is -3.56. The normalized spacial score (nSPS) is 11.3. The molecule has 0 atom stereocenters. The number of sulfonamides is 1. The molecule has 0 spiro atoms. The van der Waals surface area contributed by atoms with E-state index in [1.165, 1.54) is 19.2 Å². The largest absolute Gasteiger partial charge is 0.383 e. The molecule has 3 N–H and O–H groups in total. The van der Waals surface area contributed by atoms with Crippen LogP contribution >= 0.6 is 0 Å². The first-order valence-electron chi connectivity index (χ1n) is 6.48. The first kappa shape index (κ1) is 17.6. The number of hydrogen-bond acceptors (Lipinski definition) is 5. The fourth-order valence-corrected chi connectivity index (χ4v) is 2.69. The number of hydrogen-bond donors (Lipinski definition) is 3. The second-order valence-corrected chi connectivity index (χ2v) is 6.11. The molecule has 0 radical (unpaired) electrons. The molecule has 8 heteroatoms. The standard InChI is InChI=1S/C13H21N3O4S/c1-14-10-13(17)15-9-11-4-3-5-12(8-11)21(18,19)16-6-7-20-2/h3-5,8,14,16H,6-7,9-10H2,1-2H3,(H,15,17). The summed E-state index contributed by atoms with van der Waals surface area (Å²) in [6, 6.07) is 6.45. The van der Waals surface area contributed by atoms with Crippen molar-refractivity contribution in [3.8, 4) is 0 Å². The van der Waals surface area contributed by atoms with Crippen molar-refractivity contribution in [2.75, 3.05) is 33.9 Å². The van der Waals surface area contributed by atoms with Crippen LogP contribution in [0.2, 0.25) is 0 Å². The summed E-state index contributed by atoms with van der Waals surface area (Å²) in [5.41, 5.74) is 0.717. The average molecular weight is 315 g/mol. The molecular weight excluding hydrogens is 294 g/mol. The van der Waals surface area contributed by atoms with E-state index in [4.69, 9.17) is 4.74 Å². The van der Waals surface area contributed by atoms with Crippen LogP contribution < -0.4 is 15.4 Å². The Hall–Kier alpha value is -1.48. The molecule has 0 saturated carbocycles. The van der Waals surface area contributed by atoms with Gasteiger partial charge in [-0.25, -0.2) is 13.1 Å². The number of carbonyl (C=O) groups excluding carboxylic acids is 1. The Morgan fingerprint density at radius 3 is 2.76 bits per heavy atom. The van der Waals surface area contributed by atoms with Crippen LogP contribution in [0.25, 0.3) is 0 Å². The van der Waals surface area contributed by atoms with E-state index < -0.39 is 10.0 Å². The van der Waals surface area contributed by atoms with Gasteiger partial charge in [0.25, 0.3) is 0 Å². The summed E-state index contributed by atoms with van der Waals surface area (Å²) in [4.78, 5) is 11.5. The first-order valence-corrected chi connectivity index (χ1v) is 7.96. The number of rotatable bonds is 9. The Morgan fingerprint density at radius 1 is 1.33 bits per heavy atom. The fraction of sp³-hybridized carbons (Fsp3) is 0.462. The molecule has 1 aromatic carbocycles. The lowest BCUT2D eigenvalue weighted by molar-refractivity contribution is -0.120. The van der Waals surface area contributed by atoms with Gasteiger partial charge in [0.2, 0.25) is 15.9 Å². The summed E-state index contributed by atoms with van der Waals surface area (Å²) in [6.45, 7) is 1.01. The summed E-state index contributed by atoms with van der Waals surface area (Å²) in [5, 5.41) is 5.43. The van der Waals surface area contributed by atoms with Gasteiger partial charge in [0, 0.05) is 20.2 Å².